The zero-order valence-corrected chi connectivity index (χ0v) is 16.3. The Balaban J connectivity index is 1.52. The smallest absolute Gasteiger partial charge is 0.233 e. The van der Waals surface area contributed by atoms with Crippen LogP contribution in [0.3, 0.4) is 0 Å². The summed E-state index contributed by atoms with van der Waals surface area (Å²) in [5, 5.41) is 0. The lowest BCUT2D eigenvalue weighted by atomic mass is 9.81. The maximum atomic E-state index is 12.5. The molecule has 0 N–H and O–H groups in total. The van der Waals surface area contributed by atoms with Gasteiger partial charge < -0.3 is 4.90 Å². The second-order valence-corrected chi connectivity index (χ2v) is 8.05. The van der Waals surface area contributed by atoms with E-state index in [1.807, 2.05) is 30.5 Å². The van der Waals surface area contributed by atoms with Crippen molar-refractivity contribution in [3.8, 4) is 0 Å². The minimum absolute atomic E-state index is 0.0468. The molecule has 0 spiro atoms. The zero-order valence-electron chi connectivity index (χ0n) is 15.4. The molecule has 0 radical (unpaired) electrons. The van der Waals surface area contributed by atoms with Crippen LogP contribution in [-0.4, -0.2) is 47.4 Å². The molecule has 0 aromatic heterocycles. The third kappa shape index (κ3) is 3.95. The van der Waals surface area contributed by atoms with Crippen LogP contribution in [0.5, 0.6) is 0 Å². The molecule has 2 fully saturated rings. The van der Waals surface area contributed by atoms with Crippen molar-refractivity contribution in [2.45, 2.75) is 43.5 Å². The molecular weight excluding hydrogens is 348 g/mol. The minimum Gasteiger partial charge on any atom is -0.341 e. The monoisotopic (exact) mass is 374 g/mol. The van der Waals surface area contributed by atoms with Crippen LogP contribution < -0.4 is 0 Å². The molecule has 1 aromatic carbocycles. The average molecular weight is 375 g/mol. The Kier molecular flexibility index (Phi) is 6.01. The Bertz CT molecular complexity index is 665. The van der Waals surface area contributed by atoms with Crippen molar-refractivity contribution >= 4 is 29.5 Å². The molecule has 26 heavy (non-hydrogen) atoms. The normalized spacial score (nSPS) is 22.5. The van der Waals surface area contributed by atoms with E-state index in [4.69, 9.17) is 0 Å². The van der Waals surface area contributed by atoms with Crippen molar-refractivity contribution in [2.75, 3.05) is 19.8 Å². The summed E-state index contributed by atoms with van der Waals surface area (Å²) in [4.78, 5) is 41.5. The van der Waals surface area contributed by atoms with Crippen LogP contribution in [0, 0.1) is 11.8 Å². The molecule has 1 aliphatic heterocycles. The number of carbonyl (C=O) groups excluding carboxylic acids is 3. The van der Waals surface area contributed by atoms with Gasteiger partial charge in [-0.2, -0.15) is 0 Å². The highest BCUT2D eigenvalue weighted by Crippen LogP contribution is 2.38. The molecule has 1 saturated carbocycles. The van der Waals surface area contributed by atoms with Crippen LogP contribution in [0.25, 0.3) is 0 Å². The third-order valence-corrected chi connectivity index (χ3v) is 6.23. The summed E-state index contributed by atoms with van der Waals surface area (Å²) < 4.78 is 0. The van der Waals surface area contributed by atoms with E-state index in [0.29, 0.717) is 6.54 Å². The van der Waals surface area contributed by atoms with E-state index in [1.165, 1.54) is 9.80 Å². The predicted octanol–water partition coefficient (Wildman–Crippen LogP) is 2.93. The lowest BCUT2D eigenvalue weighted by Crippen LogP contribution is -2.36. The molecule has 1 aromatic rings. The lowest BCUT2D eigenvalue weighted by molar-refractivity contribution is -0.140. The van der Waals surface area contributed by atoms with E-state index >= 15 is 0 Å². The minimum atomic E-state index is -0.140. The zero-order chi connectivity index (χ0) is 18.7. The molecule has 2 atom stereocenters. The van der Waals surface area contributed by atoms with Gasteiger partial charge in [-0.05, 0) is 36.8 Å². The van der Waals surface area contributed by atoms with Gasteiger partial charge in [0.25, 0.3) is 0 Å². The number of hydrogen-bond acceptors (Lipinski definition) is 4. The number of hydrogen-bond donors (Lipinski definition) is 0. The molecule has 2 aliphatic rings. The Labute approximate surface area is 159 Å². The third-order valence-electron chi connectivity index (χ3n) is 5.49. The van der Waals surface area contributed by atoms with Gasteiger partial charge in [-0.15, -0.1) is 11.8 Å². The van der Waals surface area contributed by atoms with Gasteiger partial charge >= 0.3 is 0 Å². The fraction of sp³-hybridized carbons (Fsp3) is 0.550. The number of likely N-dealkylation sites (tertiary alicyclic amines) is 1. The van der Waals surface area contributed by atoms with Gasteiger partial charge in [0.15, 0.2) is 0 Å². The highest BCUT2D eigenvalue weighted by molar-refractivity contribution is 7.98. The predicted molar refractivity (Wildman–Crippen MR) is 101 cm³/mol. The van der Waals surface area contributed by atoms with Gasteiger partial charge in [-0.1, -0.05) is 25.0 Å². The number of fused-ring (bicyclic) bond motifs is 1. The molecule has 140 valence electrons. The number of rotatable bonds is 6. The van der Waals surface area contributed by atoms with E-state index in [0.717, 1.165) is 31.2 Å². The van der Waals surface area contributed by atoms with E-state index in [2.05, 4.69) is 0 Å². The number of carbonyl (C=O) groups is 3. The van der Waals surface area contributed by atoms with Gasteiger partial charge in [-0.3, -0.25) is 19.3 Å². The molecule has 0 bridgehead atoms. The molecule has 1 saturated heterocycles. The van der Waals surface area contributed by atoms with Crippen molar-refractivity contribution in [1.29, 1.82) is 0 Å². The van der Waals surface area contributed by atoms with Gasteiger partial charge in [0, 0.05) is 31.5 Å². The Morgan fingerprint density at radius 3 is 2.23 bits per heavy atom. The van der Waals surface area contributed by atoms with Crippen LogP contribution in [0.4, 0.5) is 0 Å². The summed E-state index contributed by atoms with van der Waals surface area (Å²) in [6.45, 7) is 0.736. The van der Waals surface area contributed by atoms with Gasteiger partial charge in [-0.25, -0.2) is 0 Å². The topological polar surface area (TPSA) is 57.7 Å². The first kappa shape index (κ1) is 19.0. The van der Waals surface area contributed by atoms with Crippen LogP contribution in [-0.2, 0) is 20.9 Å². The standard InChI is InChI=1S/C20H26N2O3S/c1-21(13-14-7-9-15(26-2)10-8-14)18(23)11-12-22-19(24)16-5-3-4-6-17(16)20(22)25/h7-10,16-17H,3-6,11-13H2,1-2H3. The number of nitrogens with zero attached hydrogens (tertiary/aromatic N) is 2. The summed E-state index contributed by atoms with van der Waals surface area (Å²) in [6, 6.07) is 8.13. The first-order chi connectivity index (χ1) is 12.5. The van der Waals surface area contributed by atoms with Crippen LogP contribution >= 0.6 is 11.8 Å². The highest BCUT2D eigenvalue weighted by Gasteiger charge is 2.47. The van der Waals surface area contributed by atoms with Crippen molar-refractivity contribution in [1.82, 2.24) is 9.80 Å². The van der Waals surface area contributed by atoms with E-state index in [1.54, 1.807) is 23.7 Å². The lowest BCUT2D eigenvalue weighted by Gasteiger charge is -2.20. The molecule has 1 aliphatic carbocycles. The number of thioether (sulfide) groups is 1. The van der Waals surface area contributed by atoms with E-state index in [9.17, 15) is 14.4 Å². The highest BCUT2D eigenvalue weighted by atomic mass is 32.2. The van der Waals surface area contributed by atoms with Crippen molar-refractivity contribution in [2.24, 2.45) is 11.8 Å². The summed E-state index contributed by atoms with van der Waals surface area (Å²) in [5.41, 5.74) is 1.07. The molecule has 5 nitrogen and oxygen atoms in total. The summed E-state index contributed by atoms with van der Waals surface area (Å²) >= 11 is 1.68. The van der Waals surface area contributed by atoms with Gasteiger partial charge in [0.2, 0.25) is 17.7 Å². The Morgan fingerprint density at radius 1 is 1.12 bits per heavy atom. The molecule has 1 heterocycles. The van der Waals surface area contributed by atoms with Crippen LogP contribution in [0.2, 0.25) is 0 Å². The summed E-state index contributed by atoms with van der Waals surface area (Å²) in [7, 11) is 1.76. The molecule has 2 unspecified atom stereocenters. The number of benzene rings is 1. The quantitative estimate of drug-likeness (QED) is 0.567. The maximum Gasteiger partial charge on any atom is 0.233 e. The molecular formula is C20H26N2O3S. The maximum absolute atomic E-state index is 12.5. The van der Waals surface area contributed by atoms with E-state index < -0.39 is 0 Å². The van der Waals surface area contributed by atoms with Crippen LogP contribution in [0.15, 0.2) is 29.2 Å². The molecule has 3 rings (SSSR count). The average Bonchev–Trinajstić information content (AvgIpc) is 2.91. The fourth-order valence-corrected chi connectivity index (χ4v) is 4.35. The Morgan fingerprint density at radius 2 is 1.69 bits per heavy atom. The van der Waals surface area contributed by atoms with Gasteiger partial charge in [0.05, 0.1) is 11.8 Å². The number of imide groups is 1. The van der Waals surface area contributed by atoms with Crippen molar-refractivity contribution in [3.63, 3.8) is 0 Å². The fourth-order valence-electron chi connectivity index (χ4n) is 3.94. The second-order valence-electron chi connectivity index (χ2n) is 7.17. The second kappa shape index (κ2) is 8.25. The first-order valence-electron chi connectivity index (χ1n) is 9.23. The summed E-state index contributed by atoms with van der Waals surface area (Å²) in [5.74, 6) is -0.460. The number of amides is 3. The first-order valence-corrected chi connectivity index (χ1v) is 10.5. The van der Waals surface area contributed by atoms with Crippen molar-refractivity contribution < 1.29 is 14.4 Å². The van der Waals surface area contributed by atoms with E-state index in [-0.39, 0.29) is 42.5 Å². The summed E-state index contributed by atoms with van der Waals surface area (Å²) in [6.07, 6.45) is 5.88. The largest absolute Gasteiger partial charge is 0.341 e. The molecule has 6 heteroatoms. The van der Waals surface area contributed by atoms with Crippen LogP contribution in [0.1, 0.15) is 37.7 Å². The SMILES string of the molecule is CSc1ccc(CN(C)C(=O)CCN2C(=O)C3CCCCC3C2=O)cc1. The Hall–Kier alpha value is -1.82. The van der Waals surface area contributed by atoms with Gasteiger partial charge in [0.1, 0.15) is 0 Å². The molecule has 3 amide bonds. The van der Waals surface area contributed by atoms with Crippen molar-refractivity contribution in [3.05, 3.63) is 29.8 Å².